The van der Waals surface area contributed by atoms with Crippen molar-refractivity contribution in [3.05, 3.63) is 64.7 Å². The Balaban J connectivity index is 1.89. The molecule has 4 rings (SSSR count). The molecule has 0 aromatic heterocycles. The van der Waals surface area contributed by atoms with Gasteiger partial charge in [-0.1, -0.05) is 52.2 Å². The molecule has 1 N–H and O–H groups in total. The van der Waals surface area contributed by atoms with Crippen LogP contribution in [0.25, 0.3) is 5.76 Å². The summed E-state index contributed by atoms with van der Waals surface area (Å²) in [6, 6.07) is 12.7. The minimum absolute atomic E-state index is 0.0139. The van der Waals surface area contributed by atoms with E-state index in [-0.39, 0.29) is 22.8 Å². The molecule has 192 valence electrons. The van der Waals surface area contributed by atoms with Gasteiger partial charge in [0, 0.05) is 37.0 Å². The number of Topliss-reactive ketones (excluding diaryl/α,β-unsaturated/α-hetero) is 1. The number of carbonyl (C=O) groups is 2. The topological polar surface area (TPSA) is 70.1 Å². The molecule has 0 spiro atoms. The van der Waals surface area contributed by atoms with Crippen LogP contribution in [-0.2, 0) is 15.0 Å². The molecular weight excluding hydrogens is 452 g/mol. The predicted octanol–water partition coefficient (Wildman–Crippen LogP) is 5.81. The van der Waals surface area contributed by atoms with E-state index in [1.54, 1.807) is 18.1 Å². The van der Waals surface area contributed by atoms with Crippen LogP contribution in [0.2, 0.25) is 0 Å². The zero-order chi connectivity index (χ0) is 26.2. The van der Waals surface area contributed by atoms with Gasteiger partial charge < -0.3 is 19.6 Å². The quantitative estimate of drug-likeness (QED) is 0.325. The molecule has 1 saturated carbocycles. The van der Waals surface area contributed by atoms with E-state index in [4.69, 9.17) is 4.74 Å². The predicted molar refractivity (Wildman–Crippen MR) is 143 cm³/mol. The number of amides is 1. The number of ether oxygens (including phenoxy) is 1. The summed E-state index contributed by atoms with van der Waals surface area (Å²) < 4.78 is 5.56. The normalized spacial score (nSPS) is 20.6. The average molecular weight is 491 g/mol. The summed E-state index contributed by atoms with van der Waals surface area (Å²) in [6.45, 7) is 6.22. The van der Waals surface area contributed by atoms with Gasteiger partial charge in [-0.25, -0.2) is 0 Å². The van der Waals surface area contributed by atoms with Crippen molar-refractivity contribution < 1.29 is 19.4 Å². The molecule has 6 nitrogen and oxygen atoms in total. The molecule has 1 aliphatic heterocycles. The first-order valence-electron chi connectivity index (χ1n) is 12.8. The van der Waals surface area contributed by atoms with Crippen LogP contribution in [0.4, 0.5) is 5.69 Å². The van der Waals surface area contributed by atoms with Crippen LogP contribution < -0.4 is 9.64 Å². The SMILES string of the molecule is COc1ccc(/C(O)=C2/C(=O)C(=O)N(C3CCCCC3)C2c2ccc(N(C)C)cc2)cc1C(C)(C)C. The Hall–Kier alpha value is -3.28. The Kier molecular flexibility index (Phi) is 7.17. The fraction of sp³-hybridized carbons (Fsp3) is 0.467. The van der Waals surface area contributed by atoms with Crippen LogP contribution in [0.15, 0.2) is 48.0 Å². The second-order valence-electron chi connectivity index (χ2n) is 11.1. The van der Waals surface area contributed by atoms with Crippen molar-refractivity contribution in [1.82, 2.24) is 4.90 Å². The molecule has 1 atom stereocenters. The highest BCUT2D eigenvalue weighted by molar-refractivity contribution is 6.46. The Bertz CT molecular complexity index is 1170. The summed E-state index contributed by atoms with van der Waals surface area (Å²) in [5, 5.41) is 11.6. The van der Waals surface area contributed by atoms with Gasteiger partial charge in [0.05, 0.1) is 18.7 Å². The van der Waals surface area contributed by atoms with Gasteiger partial charge in [0.15, 0.2) is 0 Å². The Morgan fingerprint density at radius 1 is 1.00 bits per heavy atom. The van der Waals surface area contributed by atoms with E-state index in [9.17, 15) is 14.7 Å². The number of benzene rings is 2. The first-order chi connectivity index (χ1) is 17.0. The number of nitrogens with zero attached hydrogens (tertiary/aromatic N) is 2. The van der Waals surface area contributed by atoms with Crippen molar-refractivity contribution >= 4 is 23.1 Å². The van der Waals surface area contributed by atoms with Crippen molar-refractivity contribution in [3.63, 3.8) is 0 Å². The number of hydrogen-bond donors (Lipinski definition) is 1. The molecule has 1 unspecified atom stereocenters. The summed E-state index contributed by atoms with van der Waals surface area (Å²) in [4.78, 5) is 30.7. The molecule has 2 aliphatic rings. The fourth-order valence-corrected chi connectivity index (χ4v) is 5.46. The zero-order valence-electron chi connectivity index (χ0n) is 22.3. The summed E-state index contributed by atoms with van der Waals surface area (Å²) in [5.74, 6) is -0.554. The molecular formula is C30H38N2O4. The van der Waals surface area contributed by atoms with Gasteiger partial charge in [0.1, 0.15) is 11.5 Å². The zero-order valence-corrected chi connectivity index (χ0v) is 22.3. The van der Waals surface area contributed by atoms with Crippen LogP contribution >= 0.6 is 0 Å². The van der Waals surface area contributed by atoms with Gasteiger partial charge in [-0.3, -0.25) is 9.59 Å². The number of rotatable bonds is 5. The molecule has 1 saturated heterocycles. The molecule has 6 heteroatoms. The van der Waals surface area contributed by atoms with Gasteiger partial charge >= 0.3 is 0 Å². The molecule has 0 radical (unpaired) electrons. The second kappa shape index (κ2) is 10.00. The van der Waals surface area contributed by atoms with Gasteiger partial charge in [0.2, 0.25) is 0 Å². The lowest BCUT2D eigenvalue weighted by Crippen LogP contribution is -2.40. The summed E-state index contributed by atoms with van der Waals surface area (Å²) in [5.41, 5.74) is 3.21. The van der Waals surface area contributed by atoms with E-state index >= 15 is 0 Å². The third kappa shape index (κ3) is 4.73. The fourth-order valence-electron chi connectivity index (χ4n) is 5.46. The number of anilines is 1. The second-order valence-corrected chi connectivity index (χ2v) is 11.1. The Morgan fingerprint density at radius 3 is 2.19 bits per heavy atom. The van der Waals surface area contributed by atoms with E-state index in [2.05, 4.69) is 20.8 Å². The number of methoxy groups -OCH3 is 1. The molecule has 0 bridgehead atoms. The monoisotopic (exact) mass is 490 g/mol. The number of aliphatic hydroxyl groups excluding tert-OH is 1. The number of ketones is 1. The standard InChI is InChI=1S/C30H38N2O4/c1-30(2,3)23-18-20(14-17-24(23)36-6)27(33)25-26(19-12-15-21(16-13-19)31(4)5)32(29(35)28(25)34)22-10-8-7-9-11-22/h12-18,22,26,33H,7-11H2,1-6H3/b27-25-. The number of hydrogen-bond acceptors (Lipinski definition) is 5. The smallest absolute Gasteiger partial charge is 0.295 e. The van der Waals surface area contributed by atoms with Crippen molar-refractivity contribution in [2.45, 2.75) is 70.4 Å². The molecule has 1 aliphatic carbocycles. The van der Waals surface area contributed by atoms with Gasteiger partial charge in [-0.2, -0.15) is 0 Å². The maximum Gasteiger partial charge on any atom is 0.295 e. The number of carbonyl (C=O) groups excluding carboxylic acids is 2. The molecule has 2 aromatic carbocycles. The third-order valence-electron chi connectivity index (χ3n) is 7.45. The van der Waals surface area contributed by atoms with Crippen molar-refractivity contribution in [2.75, 3.05) is 26.1 Å². The third-order valence-corrected chi connectivity index (χ3v) is 7.45. The lowest BCUT2D eigenvalue weighted by Gasteiger charge is -2.35. The minimum atomic E-state index is -0.621. The lowest BCUT2D eigenvalue weighted by molar-refractivity contribution is -0.141. The highest BCUT2D eigenvalue weighted by Crippen LogP contribution is 2.44. The first kappa shape index (κ1) is 25.8. The van der Waals surface area contributed by atoms with Gasteiger partial charge in [-0.15, -0.1) is 0 Å². The van der Waals surface area contributed by atoms with Gasteiger partial charge in [0.25, 0.3) is 11.7 Å². The molecule has 1 amide bonds. The van der Waals surface area contributed by atoms with Gasteiger partial charge in [-0.05, 0) is 54.2 Å². The van der Waals surface area contributed by atoms with E-state index in [1.807, 2.05) is 55.4 Å². The highest BCUT2D eigenvalue weighted by atomic mass is 16.5. The molecule has 36 heavy (non-hydrogen) atoms. The van der Waals surface area contributed by atoms with Crippen LogP contribution in [-0.4, -0.2) is 48.9 Å². The van der Waals surface area contributed by atoms with Crippen molar-refractivity contribution in [1.29, 1.82) is 0 Å². The van der Waals surface area contributed by atoms with E-state index in [0.717, 1.165) is 54.7 Å². The maximum atomic E-state index is 13.5. The van der Waals surface area contributed by atoms with E-state index < -0.39 is 17.7 Å². The molecule has 2 fully saturated rings. The number of likely N-dealkylation sites (tertiary alicyclic amines) is 1. The largest absolute Gasteiger partial charge is 0.507 e. The van der Waals surface area contributed by atoms with Crippen LogP contribution in [0.1, 0.15) is 75.6 Å². The summed E-state index contributed by atoms with van der Waals surface area (Å²) in [7, 11) is 5.57. The first-order valence-corrected chi connectivity index (χ1v) is 12.8. The summed E-state index contributed by atoms with van der Waals surface area (Å²) >= 11 is 0. The number of aliphatic hydroxyl groups is 1. The Labute approximate surface area is 214 Å². The van der Waals surface area contributed by atoms with Crippen LogP contribution in [0.5, 0.6) is 5.75 Å². The van der Waals surface area contributed by atoms with Crippen molar-refractivity contribution in [3.8, 4) is 5.75 Å². The van der Waals surface area contributed by atoms with E-state index in [1.165, 1.54) is 0 Å². The van der Waals surface area contributed by atoms with Crippen molar-refractivity contribution in [2.24, 2.45) is 0 Å². The highest BCUT2D eigenvalue weighted by Gasteiger charge is 2.49. The van der Waals surface area contributed by atoms with E-state index in [0.29, 0.717) is 5.56 Å². The Morgan fingerprint density at radius 2 is 1.64 bits per heavy atom. The van der Waals surface area contributed by atoms with Crippen LogP contribution in [0.3, 0.4) is 0 Å². The maximum absolute atomic E-state index is 13.5. The van der Waals surface area contributed by atoms with Crippen LogP contribution in [0, 0.1) is 0 Å². The lowest BCUT2D eigenvalue weighted by atomic mass is 9.84. The molecule has 2 aromatic rings. The molecule has 1 heterocycles. The average Bonchev–Trinajstić information content (AvgIpc) is 3.13. The minimum Gasteiger partial charge on any atom is -0.507 e. The summed E-state index contributed by atoms with van der Waals surface area (Å²) in [6.07, 6.45) is 4.96.